The number of benzene rings is 1. The second-order valence-corrected chi connectivity index (χ2v) is 6.92. The van der Waals surface area contributed by atoms with Crippen LogP contribution in [0.4, 0.5) is 0 Å². The molecule has 1 atom stereocenters. The maximum atomic E-state index is 12.0. The van der Waals surface area contributed by atoms with E-state index in [1.807, 2.05) is 19.9 Å². The molecule has 0 aliphatic heterocycles. The fourth-order valence-electron chi connectivity index (χ4n) is 2.51. The number of aliphatic imine (C=N–C) groups is 1. The first-order chi connectivity index (χ1) is 12.9. The Bertz CT molecular complexity index is 811. The largest absolute Gasteiger partial charge is 0.459 e. The molecular formula is C19H25Cl2IN4O2. The molecule has 1 unspecified atom stereocenters. The second kappa shape index (κ2) is 12.2. The Hall–Kier alpha value is -1.45. The van der Waals surface area contributed by atoms with Crippen molar-refractivity contribution in [3.8, 4) is 0 Å². The summed E-state index contributed by atoms with van der Waals surface area (Å²) in [4.78, 5) is 16.2. The monoisotopic (exact) mass is 538 g/mol. The topological polar surface area (TPSA) is 78.7 Å². The molecule has 28 heavy (non-hydrogen) atoms. The van der Waals surface area contributed by atoms with Gasteiger partial charge >= 0.3 is 0 Å². The normalized spacial score (nSPS) is 12.1. The predicted octanol–water partition coefficient (Wildman–Crippen LogP) is 4.56. The quantitative estimate of drug-likeness (QED) is 0.209. The summed E-state index contributed by atoms with van der Waals surface area (Å²) < 4.78 is 5.17. The van der Waals surface area contributed by atoms with E-state index in [-0.39, 0.29) is 35.9 Å². The molecule has 6 nitrogen and oxygen atoms in total. The molecule has 3 N–H and O–H groups in total. The molecule has 0 fully saturated rings. The van der Waals surface area contributed by atoms with Crippen molar-refractivity contribution in [1.29, 1.82) is 0 Å². The van der Waals surface area contributed by atoms with Crippen molar-refractivity contribution in [2.45, 2.75) is 26.3 Å². The minimum absolute atomic E-state index is 0. The summed E-state index contributed by atoms with van der Waals surface area (Å²) in [6.07, 6.45) is 2.25. The van der Waals surface area contributed by atoms with Gasteiger partial charge in [-0.1, -0.05) is 29.3 Å². The molecule has 0 aliphatic rings. The highest BCUT2D eigenvalue weighted by molar-refractivity contribution is 14.0. The Morgan fingerprint density at radius 2 is 1.93 bits per heavy atom. The first kappa shape index (κ1) is 24.6. The number of hydrogen-bond donors (Lipinski definition) is 3. The lowest BCUT2D eigenvalue weighted by atomic mass is 10.1. The molecule has 0 saturated heterocycles. The average molecular weight is 539 g/mol. The van der Waals surface area contributed by atoms with Gasteiger partial charge in [0.15, 0.2) is 11.7 Å². The summed E-state index contributed by atoms with van der Waals surface area (Å²) >= 11 is 12.2. The molecule has 0 saturated carbocycles. The Kier molecular flexibility index (Phi) is 10.7. The van der Waals surface area contributed by atoms with Gasteiger partial charge in [0.2, 0.25) is 0 Å². The Labute approximate surface area is 192 Å². The molecule has 0 spiro atoms. The van der Waals surface area contributed by atoms with Crippen molar-refractivity contribution >= 4 is 59.0 Å². The molecule has 1 amide bonds. The van der Waals surface area contributed by atoms with E-state index in [0.717, 1.165) is 17.5 Å². The standard InChI is InChI=1S/C19H24Cl2N4O2.HI/c1-12-7-10-27-17(12)18(26)23-8-4-9-24-19(22-3)25-13(2)15-6-5-14(20)11-16(15)21;/h5-7,10-11,13H,4,8-9H2,1-3H3,(H,23,26)(H2,22,24,25);1H. The molecule has 154 valence electrons. The third-order valence-electron chi connectivity index (χ3n) is 4.01. The highest BCUT2D eigenvalue weighted by Crippen LogP contribution is 2.25. The summed E-state index contributed by atoms with van der Waals surface area (Å²) in [6, 6.07) is 7.14. The van der Waals surface area contributed by atoms with Crippen LogP contribution in [0.2, 0.25) is 10.0 Å². The van der Waals surface area contributed by atoms with E-state index in [2.05, 4.69) is 20.9 Å². The molecule has 1 aromatic carbocycles. The molecule has 1 heterocycles. The molecule has 2 aromatic rings. The van der Waals surface area contributed by atoms with Crippen LogP contribution in [-0.4, -0.2) is 32.0 Å². The van der Waals surface area contributed by atoms with Crippen LogP contribution < -0.4 is 16.0 Å². The maximum Gasteiger partial charge on any atom is 0.287 e. The minimum Gasteiger partial charge on any atom is -0.459 e. The minimum atomic E-state index is -0.203. The van der Waals surface area contributed by atoms with Gasteiger partial charge in [0.05, 0.1) is 12.3 Å². The van der Waals surface area contributed by atoms with Crippen molar-refractivity contribution in [3.05, 3.63) is 57.5 Å². The first-order valence-electron chi connectivity index (χ1n) is 8.66. The van der Waals surface area contributed by atoms with Crippen LogP contribution in [0.3, 0.4) is 0 Å². The van der Waals surface area contributed by atoms with Crippen LogP contribution in [-0.2, 0) is 0 Å². The SMILES string of the molecule is CN=C(NCCCNC(=O)c1occc1C)NC(C)c1ccc(Cl)cc1Cl.I. The summed E-state index contributed by atoms with van der Waals surface area (Å²) in [5.74, 6) is 0.807. The van der Waals surface area contributed by atoms with Crippen LogP contribution in [0.25, 0.3) is 0 Å². The summed E-state index contributed by atoms with van der Waals surface area (Å²) in [5, 5.41) is 10.5. The first-order valence-corrected chi connectivity index (χ1v) is 9.42. The number of carbonyl (C=O) groups excluding carboxylic acids is 1. The second-order valence-electron chi connectivity index (χ2n) is 6.07. The van der Waals surface area contributed by atoms with Crippen molar-refractivity contribution in [2.75, 3.05) is 20.1 Å². The number of aryl methyl sites for hydroxylation is 1. The Morgan fingerprint density at radius 1 is 1.21 bits per heavy atom. The van der Waals surface area contributed by atoms with Crippen LogP contribution in [0, 0.1) is 6.92 Å². The van der Waals surface area contributed by atoms with Crippen molar-refractivity contribution in [3.63, 3.8) is 0 Å². The predicted molar refractivity (Wildman–Crippen MR) is 125 cm³/mol. The molecular weight excluding hydrogens is 514 g/mol. The molecule has 0 bridgehead atoms. The number of hydrogen-bond acceptors (Lipinski definition) is 3. The maximum absolute atomic E-state index is 12.0. The zero-order valence-electron chi connectivity index (χ0n) is 16.0. The summed E-state index contributed by atoms with van der Waals surface area (Å²) in [6.45, 7) is 5.01. The Morgan fingerprint density at radius 3 is 2.54 bits per heavy atom. The fourth-order valence-corrected chi connectivity index (χ4v) is 3.09. The van der Waals surface area contributed by atoms with E-state index in [1.165, 1.54) is 6.26 Å². The summed E-state index contributed by atoms with van der Waals surface area (Å²) in [7, 11) is 1.70. The molecule has 0 radical (unpaired) electrons. The van der Waals surface area contributed by atoms with E-state index in [0.29, 0.717) is 34.9 Å². The number of halogens is 3. The highest BCUT2D eigenvalue weighted by Gasteiger charge is 2.13. The van der Waals surface area contributed by atoms with Crippen LogP contribution in [0.5, 0.6) is 0 Å². The number of furan rings is 1. The number of carbonyl (C=O) groups is 1. The van der Waals surface area contributed by atoms with Gasteiger partial charge in [-0.05, 0) is 44.0 Å². The average Bonchev–Trinajstić information content (AvgIpc) is 3.06. The number of nitrogens with one attached hydrogen (secondary N) is 3. The van der Waals surface area contributed by atoms with E-state index in [4.69, 9.17) is 27.6 Å². The van der Waals surface area contributed by atoms with Gasteiger partial charge in [0.1, 0.15) is 0 Å². The van der Waals surface area contributed by atoms with Gasteiger partial charge in [-0.25, -0.2) is 0 Å². The zero-order valence-corrected chi connectivity index (χ0v) is 19.9. The zero-order chi connectivity index (χ0) is 19.8. The molecule has 1 aromatic heterocycles. The number of rotatable bonds is 7. The summed E-state index contributed by atoms with van der Waals surface area (Å²) in [5.41, 5.74) is 1.76. The van der Waals surface area contributed by atoms with Crippen molar-refractivity contribution < 1.29 is 9.21 Å². The van der Waals surface area contributed by atoms with Crippen molar-refractivity contribution in [1.82, 2.24) is 16.0 Å². The third kappa shape index (κ3) is 7.18. The van der Waals surface area contributed by atoms with Gasteiger partial charge in [-0.3, -0.25) is 9.79 Å². The fraction of sp³-hybridized carbons (Fsp3) is 0.368. The number of guanidine groups is 1. The lowest BCUT2D eigenvalue weighted by Gasteiger charge is -2.19. The van der Waals surface area contributed by atoms with Gasteiger partial charge in [-0.15, -0.1) is 24.0 Å². The lowest BCUT2D eigenvalue weighted by molar-refractivity contribution is 0.0925. The third-order valence-corrected chi connectivity index (χ3v) is 4.57. The van der Waals surface area contributed by atoms with Gasteiger partial charge in [0, 0.05) is 35.7 Å². The Balaban J connectivity index is 0.00000392. The molecule has 2 rings (SSSR count). The van der Waals surface area contributed by atoms with Crippen LogP contribution in [0.1, 0.15) is 41.1 Å². The molecule has 0 aliphatic carbocycles. The van der Waals surface area contributed by atoms with E-state index < -0.39 is 0 Å². The van der Waals surface area contributed by atoms with Gasteiger partial charge < -0.3 is 20.4 Å². The van der Waals surface area contributed by atoms with E-state index in [9.17, 15) is 4.79 Å². The number of amides is 1. The smallest absolute Gasteiger partial charge is 0.287 e. The van der Waals surface area contributed by atoms with Gasteiger partial charge in [0.25, 0.3) is 5.91 Å². The lowest BCUT2D eigenvalue weighted by Crippen LogP contribution is -2.40. The molecule has 9 heteroatoms. The van der Waals surface area contributed by atoms with Gasteiger partial charge in [-0.2, -0.15) is 0 Å². The van der Waals surface area contributed by atoms with E-state index >= 15 is 0 Å². The van der Waals surface area contributed by atoms with Crippen molar-refractivity contribution in [2.24, 2.45) is 4.99 Å². The van der Waals surface area contributed by atoms with E-state index in [1.54, 1.807) is 25.2 Å². The highest BCUT2D eigenvalue weighted by atomic mass is 127. The van der Waals surface area contributed by atoms with Crippen LogP contribution >= 0.6 is 47.2 Å². The number of nitrogens with zero attached hydrogens (tertiary/aromatic N) is 1. The van der Waals surface area contributed by atoms with Crippen LogP contribution in [0.15, 0.2) is 39.9 Å².